The van der Waals surface area contributed by atoms with Gasteiger partial charge in [0.1, 0.15) is 5.69 Å². The van der Waals surface area contributed by atoms with Crippen molar-refractivity contribution in [3.63, 3.8) is 0 Å². The second-order valence-electron chi connectivity index (χ2n) is 5.10. The van der Waals surface area contributed by atoms with E-state index in [4.69, 9.17) is 0 Å². The van der Waals surface area contributed by atoms with Gasteiger partial charge < -0.3 is 10.4 Å². The van der Waals surface area contributed by atoms with E-state index in [1.54, 1.807) is 0 Å². The number of nitrogens with one attached hydrogen (secondary N) is 1. The summed E-state index contributed by atoms with van der Waals surface area (Å²) < 4.78 is 37.8. The molecule has 2 rings (SSSR count). The van der Waals surface area contributed by atoms with Crippen molar-refractivity contribution in [2.24, 2.45) is 5.92 Å². The molecule has 1 aliphatic rings. The van der Waals surface area contributed by atoms with E-state index in [1.165, 1.54) is 0 Å². The fourth-order valence-corrected chi connectivity index (χ4v) is 2.53. The van der Waals surface area contributed by atoms with Gasteiger partial charge in [-0.05, 0) is 18.9 Å². The maximum atomic E-state index is 12.6. The van der Waals surface area contributed by atoms with Crippen LogP contribution in [-0.4, -0.2) is 27.1 Å². The Morgan fingerprint density at radius 2 is 2.00 bits per heavy atom. The summed E-state index contributed by atoms with van der Waals surface area (Å²) in [5.74, 6) is -1.75. The van der Waals surface area contributed by atoms with Crippen LogP contribution >= 0.6 is 0 Å². The van der Waals surface area contributed by atoms with Crippen LogP contribution in [-0.2, 0) is 11.0 Å². The summed E-state index contributed by atoms with van der Waals surface area (Å²) in [6.45, 7) is 0. The Morgan fingerprint density at radius 1 is 1.29 bits per heavy atom. The van der Waals surface area contributed by atoms with Crippen molar-refractivity contribution in [2.75, 3.05) is 5.32 Å². The molecule has 1 fully saturated rings. The number of halogens is 3. The minimum atomic E-state index is -4.55. The van der Waals surface area contributed by atoms with Gasteiger partial charge in [0.25, 0.3) is 0 Å². The summed E-state index contributed by atoms with van der Waals surface area (Å²) in [6.07, 6.45) is 0.118. The lowest BCUT2D eigenvalue weighted by Crippen LogP contribution is -2.34. The Bertz CT molecular complexity index is 508. The normalized spacial score (nSPS) is 23.4. The molecule has 0 aromatic carbocycles. The highest BCUT2D eigenvalue weighted by Gasteiger charge is 2.34. The molecule has 0 spiro atoms. The molecule has 5 nitrogen and oxygen atoms in total. The van der Waals surface area contributed by atoms with Crippen LogP contribution < -0.4 is 5.32 Å². The molecule has 8 heteroatoms. The first kappa shape index (κ1) is 15.5. The van der Waals surface area contributed by atoms with Crippen molar-refractivity contribution >= 4 is 11.9 Å². The van der Waals surface area contributed by atoms with Gasteiger partial charge in [0.15, 0.2) is 0 Å². The minimum absolute atomic E-state index is 0.178. The van der Waals surface area contributed by atoms with E-state index in [0.29, 0.717) is 12.8 Å². The monoisotopic (exact) mass is 303 g/mol. The first-order chi connectivity index (χ1) is 9.88. The second-order valence-corrected chi connectivity index (χ2v) is 5.10. The second kappa shape index (κ2) is 6.28. The Kier molecular flexibility index (Phi) is 4.64. The lowest BCUT2D eigenvalue weighted by Gasteiger charge is -2.23. The summed E-state index contributed by atoms with van der Waals surface area (Å²) >= 11 is 0. The number of carbonyl (C=O) groups is 1. The molecule has 1 aliphatic carbocycles. The van der Waals surface area contributed by atoms with Crippen LogP contribution in [0, 0.1) is 5.92 Å². The summed E-state index contributed by atoms with van der Waals surface area (Å²) in [7, 11) is 0. The zero-order chi connectivity index (χ0) is 15.5. The van der Waals surface area contributed by atoms with E-state index in [0.717, 1.165) is 31.5 Å². The van der Waals surface area contributed by atoms with Crippen LogP contribution in [0.15, 0.2) is 12.3 Å². The number of hydrogen-bond donors (Lipinski definition) is 2. The molecule has 0 aliphatic heterocycles. The number of nitrogens with zero attached hydrogens (tertiary/aromatic N) is 2. The van der Waals surface area contributed by atoms with E-state index >= 15 is 0 Å². The summed E-state index contributed by atoms with van der Waals surface area (Å²) in [6, 6.07) is 0.334. The molecule has 0 saturated heterocycles. The van der Waals surface area contributed by atoms with Gasteiger partial charge in [0.05, 0.1) is 5.92 Å². The standard InChI is InChI=1S/C13H16F3N3O2/c14-13(15,16)10-6-7-17-12(19-10)18-9-5-3-1-2-4-8(9)11(20)21/h6-9H,1-5H2,(H,20,21)(H,17,18,19). The number of anilines is 1. The predicted octanol–water partition coefficient (Wildman–Crippen LogP) is 2.94. The Hall–Kier alpha value is -1.86. The third-order valence-electron chi connectivity index (χ3n) is 3.59. The van der Waals surface area contributed by atoms with Crippen molar-refractivity contribution in [2.45, 2.75) is 44.3 Å². The van der Waals surface area contributed by atoms with Gasteiger partial charge in [0, 0.05) is 12.2 Å². The number of rotatable bonds is 3. The zero-order valence-corrected chi connectivity index (χ0v) is 11.2. The lowest BCUT2D eigenvalue weighted by atomic mass is 9.95. The molecule has 2 N–H and O–H groups in total. The van der Waals surface area contributed by atoms with Crippen molar-refractivity contribution < 1.29 is 23.1 Å². The van der Waals surface area contributed by atoms with E-state index in [1.807, 2.05) is 0 Å². The molecule has 2 atom stereocenters. The molecule has 0 bridgehead atoms. The molecular weight excluding hydrogens is 287 g/mol. The SMILES string of the molecule is O=C(O)C1CCCCCC1Nc1nccc(C(F)(F)F)n1. The number of carboxylic acids is 1. The number of alkyl halides is 3. The number of aromatic nitrogens is 2. The van der Waals surface area contributed by atoms with E-state index in [9.17, 15) is 23.1 Å². The highest BCUT2D eigenvalue weighted by atomic mass is 19.4. The molecule has 2 unspecified atom stereocenters. The number of carboxylic acid groups (broad SMARTS) is 1. The number of aliphatic carboxylic acids is 1. The van der Waals surface area contributed by atoms with Crippen molar-refractivity contribution in [3.05, 3.63) is 18.0 Å². The summed E-state index contributed by atoms with van der Waals surface area (Å²) in [5, 5.41) is 12.0. The van der Waals surface area contributed by atoms with E-state index < -0.39 is 29.8 Å². The van der Waals surface area contributed by atoms with Crippen LogP contribution in [0.4, 0.5) is 19.1 Å². The first-order valence-corrected chi connectivity index (χ1v) is 6.77. The van der Waals surface area contributed by atoms with E-state index in [-0.39, 0.29) is 5.95 Å². The molecule has 1 heterocycles. The average Bonchev–Trinajstić information content (AvgIpc) is 2.63. The third-order valence-corrected chi connectivity index (χ3v) is 3.59. The smallest absolute Gasteiger partial charge is 0.433 e. The summed E-state index contributed by atoms with van der Waals surface area (Å²) in [4.78, 5) is 18.5. The maximum absolute atomic E-state index is 12.6. The fourth-order valence-electron chi connectivity index (χ4n) is 2.53. The van der Waals surface area contributed by atoms with Crippen LogP contribution in [0.3, 0.4) is 0 Å². The molecule has 1 saturated carbocycles. The topological polar surface area (TPSA) is 75.1 Å². The van der Waals surface area contributed by atoms with Gasteiger partial charge >= 0.3 is 12.1 Å². The van der Waals surface area contributed by atoms with Gasteiger partial charge in [0.2, 0.25) is 5.95 Å². The fraction of sp³-hybridized carbons (Fsp3) is 0.615. The quantitative estimate of drug-likeness (QED) is 0.840. The predicted molar refractivity (Wildman–Crippen MR) is 68.7 cm³/mol. The van der Waals surface area contributed by atoms with Gasteiger partial charge in [-0.3, -0.25) is 4.79 Å². The molecule has 116 valence electrons. The van der Waals surface area contributed by atoms with Gasteiger partial charge in [-0.15, -0.1) is 0 Å². The lowest BCUT2D eigenvalue weighted by molar-refractivity contribution is -0.143. The highest BCUT2D eigenvalue weighted by molar-refractivity contribution is 5.71. The van der Waals surface area contributed by atoms with Crippen LogP contribution in [0.2, 0.25) is 0 Å². The summed E-state index contributed by atoms with van der Waals surface area (Å²) in [5.41, 5.74) is -1.04. The Balaban J connectivity index is 2.17. The third kappa shape index (κ3) is 4.05. The van der Waals surface area contributed by atoms with Gasteiger partial charge in [-0.1, -0.05) is 19.3 Å². The Morgan fingerprint density at radius 3 is 2.67 bits per heavy atom. The van der Waals surface area contributed by atoms with Crippen LogP contribution in [0.1, 0.15) is 37.8 Å². The van der Waals surface area contributed by atoms with Crippen molar-refractivity contribution in [1.82, 2.24) is 9.97 Å². The zero-order valence-electron chi connectivity index (χ0n) is 11.2. The van der Waals surface area contributed by atoms with E-state index in [2.05, 4.69) is 15.3 Å². The van der Waals surface area contributed by atoms with Crippen LogP contribution in [0.25, 0.3) is 0 Å². The first-order valence-electron chi connectivity index (χ1n) is 6.77. The molecular formula is C13H16F3N3O2. The van der Waals surface area contributed by atoms with Crippen molar-refractivity contribution in [3.8, 4) is 0 Å². The molecule has 0 radical (unpaired) electrons. The number of hydrogen-bond acceptors (Lipinski definition) is 4. The maximum Gasteiger partial charge on any atom is 0.433 e. The molecule has 0 amide bonds. The largest absolute Gasteiger partial charge is 0.481 e. The van der Waals surface area contributed by atoms with Gasteiger partial charge in [-0.25, -0.2) is 9.97 Å². The van der Waals surface area contributed by atoms with Crippen molar-refractivity contribution in [1.29, 1.82) is 0 Å². The molecule has 1 aromatic rings. The molecule has 21 heavy (non-hydrogen) atoms. The highest BCUT2D eigenvalue weighted by Crippen LogP contribution is 2.29. The molecule has 1 aromatic heterocycles. The van der Waals surface area contributed by atoms with Gasteiger partial charge in [-0.2, -0.15) is 13.2 Å². The Labute approximate surface area is 119 Å². The minimum Gasteiger partial charge on any atom is -0.481 e. The van der Waals surface area contributed by atoms with Crippen LogP contribution in [0.5, 0.6) is 0 Å². The average molecular weight is 303 g/mol.